The molecule has 1 saturated heterocycles. The summed E-state index contributed by atoms with van der Waals surface area (Å²) in [5, 5.41) is 9.16. The molecule has 4 rings (SSSR count). The van der Waals surface area contributed by atoms with Crippen molar-refractivity contribution in [2.45, 2.75) is 32.1 Å². The predicted octanol–water partition coefficient (Wildman–Crippen LogP) is 3.43. The largest absolute Gasteiger partial charge is 0.340 e. The van der Waals surface area contributed by atoms with Crippen molar-refractivity contribution in [3.05, 3.63) is 53.3 Å². The third-order valence-corrected chi connectivity index (χ3v) is 5.44. The van der Waals surface area contributed by atoms with Gasteiger partial charge in [0.1, 0.15) is 11.8 Å². The number of hydrogen-bond acceptors (Lipinski definition) is 4. The monoisotopic (exact) mass is 304 g/mol. The lowest BCUT2D eigenvalue weighted by atomic mass is 9.61. The van der Waals surface area contributed by atoms with Crippen LogP contribution < -0.4 is 4.90 Å². The molecule has 2 heterocycles. The average molecular weight is 304 g/mol. The van der Waals surface area contributed by atoms with Crippen molar-refractivity contribution in [3.63, 3.8) is 0 Å². The molecule has 2 fully saturated rings. The Kier molecular flexibility index (Phi) is 3.30. The molecule has 0 unspecified atom stereocenters. The summed E-state index contributed by atoms with van der Waals surface area (Å²) in [6.07, 6.45) is 3.87. The molecule has 0 radical (unpaired) electrons. The van der Waals surface area contributed by atoms with Gasteiger partial charge in [0.25, 0.3) is 0 Å². The topological polar surface area (TPSA) is 52.8 Å². The number of rotatable bonds is 2. The van der Waals surface area contributed by atoms with E-state index in [2.05, 4.69) is 51.3 Å². The Labute approximate surface area is 136 Å². The van der Waals surface area contributed by atoms with Crippen LogP contribution in [0.4, 0.5) is 5.95 Å². The SMILES string of the molecule is Cc1cc(C#N)nc(N2C[C@H](c3ccccc3)C3(CCC3)C2)n1. The number of aromatic nitrogens is 2. The average Bonchev–Trinajstić information content (AvgIpc) is 2.96. The van der Waals surface area contributed by atoms with Gasteiger partial charge >= 0.3 is 0 Å². The molecule has 1 aliphatic heterocycles. The number of benzene rings is 1. The zero-order chi connectivity index (χ0) is 15.9. The first kappa shape index (κ1) is 14.2. The van der Waals surface area contributed by atoms with Crippen molar-refractivity contribution in [2.75, 3.05) is 18.0 Å². The molecule has 0 amide bonds. The number of nitriles is 1. The third kappa shape index (κ3) is 2.37. The third-order valence-electron chi connectivity index (χ3n) is 5.44. The maximum Gasteiger partial charge on any atom is 0.226 e. The van der Waals surface area contributed by atoms with Gasteiger partial charge in [-0.1, -0.05) is 36.8 Å². The second-order valence-corrected chi connectivity index (χ2v) is 6.87. The highest BCUT2D eigenvalue weighted by molar-refractivity contribution is 5.42. The van der Waals surface area contributed by atoms with Crippen LogP contribution in [-0.2, 0) is 0 Å². The molecule has 1 aromatic carbocycles. The van der Waals surface area contributed by atoms with Crippen LogP contribution in [0.15, 0.2) is 36.4 Å². The Morgan fingerprint density at radius 3 is 2.65 bits per heavy atom. The summed E-state index contributed by atoms with van der Waals surface area (Å²) in [7, 11) is 0. The molecule has 4 nitrogen and oxygen atoms in total. The van der Waals surface area contributed by atoms with Crippen molar-refractivity contribution >= 4 is 5.95 Å². The van der Waals surface area contributed by atoms with Crippen LogP contribution in [0.2, 0.25) is 0 Å². The molecule has 23 heavy (non-hydrogen) atoms. The predicted molar refractivity (Wildman–Crippen MR) is 89.2 cm³/mol. The van der Waals surface area contributed by atoms with E-state index in [0.717, 1.165) is 18.8 Å². The van der Waals surface area contributed by atoms with Gasteiger partial charge in [0, 0.05) is 24.7 Å². The first-order valence-corrected chi connectivity index (χ1v) is 8.26. The van der Waals surface area contributed by atoms with Crippen molar-refractivity contribution in [1.29, 1.82) is 5.26 Å². The van der Waals surface area contributed by atoms with Gasteiger partial charge in [-0.25, -0.2) is 9.97 Å². The van der Waals surface area contributed by atoms with Crippen LogP contribution in [0.25, 0.3) is 0 Å². The molecule has 1 aromatic heterocycles. The van der Waals surface area contributed by atoms with Crippen molar-refractivity contribution in [3.8, 4) is 6.07 Å². The van der Waals surface area contributed by atoms with Crippen LogP contribution >= 0.6 is 0 Å². The molecule has 0 bridgehead atoms. The van der Waals surface area contributed by atoms with E-state index in [9.17, 15) is 0 Å². The highest BCUT2D eigenvalue weighted by Gasteiger charge is 2.51. The molecule has 116 valence electrons. The maximum atomic E-state index is 9.16. The van der Waals surface area contributed by atoms with Crippen LogP contribution in [-0.4, -0.2) is 23.1 Å². The van der Waals surface area contributed by atoms with E-state index in [1.165, 1.54) is 24.8 Å². The van der Waals surface area contributed by atoms with Gasteiger partial charge in [0.15, 0.2) is 0 Å². The van der Waals surface area contributed by atoms with Gasteiger partial charge in [-0.3, -0.25) is 0 Å². The first-order valence-electron chi connectivity index (χ1n) is 8.26. The highest BCUT2D eigenvalue weighted by atomic mass is 15.3. The minimum absolute atomic E-state index is 0.362. The van der Waals surface area contributed by atoms with E-state index in [4.69, 9.17) is 5.26 Å². The maximum absolute atomic E-state index is 9.16. The van der Waals surface area contributed by atoms with E-state index in [1.54, 1.807) is 6.07 Å². The minimum atomic E-state index is 0.362. The van der Waals surface area contributed by atoms with Gasteiger partial charge in [-0.2, -0.15) is 5.26 Å². The van der Waals surface area contributed by atoms with Gasteiger partial charge in [0.2, 0.25) is 5.95 Å². The normalized spacial score (nSPS) is 21.9. The zero-order valence-corrected chi connectivity index (χ0v) is 13.4. The minimum Gasteiger partial charge on any atom is -0.340 e. The highest BCUT2D eigenvalue weighted by Crippen LogP contribution is 2.56. The summed E-state index contributed by atoms with van der Waals surface area (Å²) in [5.41, 5.74) is 3.10. The molecule has 2 aliphatic rings. The summed E-state index contributed by atoms with van der Waals surface area (Å²) in [6, 6.07) is 14.7. The fraction of sp³-hybridized carbons (Fsp3) is 0.421. The van der Waals surface area contributed by atoms with E-state index < -0.39 is 0 Å². The fourth-order valence-electron chi connectivity index (χ4n) is 4.15. The molecule has 4 heteroatoms. The lowest BCUT2D eigenvalue weighted by Crippen LogP contribution is -2.36. The van der Waals surface area contributed by atoms with Gasteiger partial charge < -0.3 is 4.90 Å². The van der Waals surface area contributed by atoms with E-state index in [1.807, 2.05) is 6.92 Å². The van der Waals surface area contributed by atoms with Crippen molar-refractivity contribution in [1.82, 2.24) is 9.97 Å². The molecule has 1 saturated carbocycles. The summed E-state index contributed by atoms with van der Waals surface area (Å²) >= 11 is 0. The zero-order valence-electron chi connectivity index (χ0n) is 13.4. The Morgan fingerprint density at radius 1 is 1.22 bits per heavy atom. The molecule has 1 spiro atoms. The van der Waals surface area contributed by atoms with E-state index in [-0.39, 0.29) is 0 Å². The van der Waals surface area contributed by atoms with Crippen LogP contribution in [0.1, 0.15) is 42.1 Å². The number of anilines is 1. The smallest absolute Gasteiger partial charge is 0.226 e. The van der Waals surface area contributed by atoms with E-state index >= 15 is 0 Å². The number of hydrogen-bond donors (Lipinski definition) is 0. The van der Waals surface area contributed by atoms with Crippen molar-refractivity contribution < 1.29 is 0 Å². The standard InChI is InChI=1S/C19H20N4/c1-14-10-16(11-20)22-18(21-14)23-12-17(15-6-3-2-4-7-15)19(13-23)8-5-9-19/h2-4,6-7,10,17H,5,8-9,12-13H2,1H3/t17-/m1/s1. The quantitative estimate of drug-likeness (QED) is 0.853. The Hall–Kier alpha value is -2.41. The summed E-state index contributed by atoms with van der Waals surface area (Å²) in [6.45, 7) is 3.87. The number of aryl methyl sites for hydroxylation is 1. The first-order chi connectivity index (χ1) is 11.2. The molecular formula is C19H20N4. The second kappa shape index (κ2) is 5.34. The van der Waals surface area contributed by atoms with Gasteiger partial charge in [-0.05, 0) is 36.8 Å². The van der Waals surface area contributed by atoms with Crippen LogP contribution in [0.3, 0.4) is 0 Å². The summed E-state index contributed by atoms with van der Waals surface area (Å²) < 4.78 is 0. The second-order valence-electron chi connectivity index (χ2n) is 6.87. The molecular weight excluding hydrogens is 284 g/mol. The summed E-state index contributed by atoms with van der Waals surface area (Å²) in [5.74, 6) is 1.25. The molecule has 1 aliphatic carbocycles. The molecule has 0 N–H and O–H groups in total. The molecule has 1 atom stereocenters. The lowest BCUT2D eigenvalue weighted by Gasteiger charge is -2.43. The lowest BCUT2D eigenvalue weighted by molar-refractivity contribution is 0.139. The number of nitrogens with zero attached hydrogens (tertiary/aromatic N) is 4. The Balaban J connectivity index is 1.68. The summed E-state index contributed by atoms with van der Waals surface area (Å²) in [4.78, 5) is 11.3. The van der Waals surface area contributed by atoms with E-state index in [0.29, 0.717) is 23.0 Å². The van der Waals surface area contributed by atoms with Crippen molar-refractivity contribution in [2.24, 2.45) is 5.41 Å². The Morgan fingerprint density at radius 2 is 2.00 bits per heavy atom. The van der Waals surface area contributed by atoms with Gasteiger partial charge in [0.05, 0.1) is 0 Å². The van der Waals surface area contributed by atoms with Crippen LogP contribution in [0, 0.1) is 23.7 Å². The molecule has 2 aromatic rings. The van der Waals surface area contributed by atoms with Gasteiger partial charge in [-0.15, -0.1) is 0 Å². The van der Waals surface area contributed by atoms with Crippen LogP contribution in [0.5, 0.6) is 0 Å². The fourth-order valence-corrected chi connectivity index (χ4v) is 4.15. The Bertz CT molecular complexity index is 759.